The molecule has 0 bridgehead atoms. The summed E-state index contributed by atoms with van der Waals surface area (Å²) in [7, 11) is 1.63. The Kier molecular flexibility index (Phi) is 4.34. The first kappa shape index (κ1) is 14.5. The summed E-state index contributed by atoms with van der Waals surface area (Å²) in [6.45, 7) is 6.61. The molecule has 0 fully saturated rings. The second kappa shape index (κ2) is 6.00. The minimum Gasteiger partial charge on any atom is -0.461 e. The van der Waals surface area contributed by atoms with Crippen molar-refractivity contribution in [1.29, 1.82) is 0 Å². The summed E-state index contributed by atoms with van der Waals surface area (Å²) in [5.74, 6) is -0.202. The van der Waals surface area contributed by atoms with Gasteiger partial charge in [0, 0.05) is 12.8 Å². The number of carbonyl (C=O) groups is 1. The molecule has 0 saturated carbocycles. The van der Waals surface area contributed by atoms with E-state index < -0.39 is 5.97 Å². The Morgan fingerprint density at radius 3 is 2.80 bits per heavy atom. The third-order valence-electron chi connectivity index (χ3n) is 2.95. The molecular formula is C14H19N3O3. The fourth-order valence-electron chi connectivity index (χ4n) is 1.95. The van der Waals surface area contributed by atoms with Crippen LogP contribution in [0.2, 0.25) is 0 Å². The SMILES string of the molecule is CCOC(=O)c1ncn2c(COC)cc(C(C)C)nc12. The molecular weight excluding hydrogens is 258 g/mol. The lowest BCUT2D eigenvalue weighted by Gasteiger charge is -2.10. The largest absolute Gasteiger partial charge is 0.461 e. The molecule has 0 aliphatic carbocycles. The van der Waals surface area contributed by atoms with E-state index in [4.69, 9.17) is 9.47 Å². The molecule has 0 atom stereocenters. The molecule has 0 radical (unpaired) electrons. The van der Waals surface area contributed by atoms with Crippen LogP contribution in [0.4, 0.5) is 0 Å². The van der Waals surface area contributed by atoms with E-state index in [2.05, 4.69) is 23.8 Å². The average molecular weight is 277 g/mol. The normalized spacial score (nSPS) is 11.2. The number of imidazole rings is 1. The second-order valence-electron chi connectivity index (χ2n) is 4.77. The minimum atomic E-state index is -0.452. The lowest BCUT2D eigenvalue weighted by Crippen LogP contribution is -2.09. The predicted octanol–water partition coefficient (Wildman–Crippen LogP) is 2.18. The molecule has 2 rings (SSSR count). The molecule has 6 nitrogen and oxygen atoms in total. The fraction of sp³-hybridized carbons (Fsp3) is 0.500. The number of ether oxygens (including phenoxy) is 2. The summed E-state index contributed by atoms with van der Waals surface area (Å²) in [5, 5.41) is 0. The van der Waals surface area contributed by atoms with Crippen molar-refractivity contribution in [1.82, 2.24) is 14.4 Å². The van der Waals surface area contributed by atoms with Crippen LogP contribution in [0.5, 0.6) is 0 Å². The summed E-state index contributed by atoms with van der Waals surface area (Å²) in [4.78, 5) is 20.6. The van der Waals surface area contributed by atoms with Crippen LogP contribution in [0.1, 0.15) is 48.6 Å². The number of esters is 1. The van der Waals surface area contributed by atoms with Gasteiger partial charge in [-0.3, -0.25) is 4.40 Å². The minimum absolute atomic E-state index is 0.242. The molecule has 2 aromatic heterocycles. The molecule has 0 N–H and O–H groups in total. The smallest absolute Gasteiger partial charge is 0.360 e. The maximum atomic E-state index is 11.9. The number of carbonyl (C=O) groups excluding carboxylic acids is 1. The van der Waals surface area contributed by atoms with Gasteiger partial charge in [0.25, 0.3) is 0 Å². The molecule has 2 aromatic rings. The van der Waals surface area contributed by atoms with Crippen molar-refractivity contribution in [2.45, 2.75) is 33.3 Å². The van der Waals surface area contributed by atoms with Crippen molar-refractivity contribution < 1.29 is 14.3 Å². The maximum absolute atomic E-state index is 11.9. The first-order valence-corrected chi connectivity index (χ1v) is 6.61. The van der Waals surface area contributed by atoms with Crippen LogP contribution in [-0.4, -0.2) is 34.1 Å². The topological polar surface area (TPSA) is 65.7 Å². The predicted molar refractivity (Wildman–Crippen MR) is 73.7 cm³/mol. The molecule has 108 valence electrons. The van der Waals surface area contributed by atoms with Gasteiger partial charge in [-0.15, -0.1) is 0 Å². The lowest BCUT2D eigenvalue weighted by molar-refractivity contribution is 0.0522. The molecule has 6 heteroatoms. The van der Waals surface area contributed by atoms with E-state index in [1.807, 2.05) is 6.07 Å². The van der Waals surface area contributed by atoms with Crippen molar-refractivity contribution in [3.8, 4) is 0 Å². The Morgan fingerprint density at radius 1 is 1.45 bits per heavy atom. The van der Waals surface area contributed by atoms with E-state index >= 15 is 0 Å². The number of hydrogen-bond donors (Lipinski definition) is 0. The number of aromatic nitrogens is 3. The Balaban J connectivity index is 2.60. The van der Waals surface area contributed by atoms with E-state index in [9.17, 15) is 4.79 Å². The van der Waals surface area contributed by atoms with Crippen LogP contribution >= 0.6 is 0 Å². The van der Waals surface area contributed by atoms with E-state index in [1.54, 1.807) is 24.8 Å². The number of methoxy groups -OCH3 is 1. The fourth-order valence-corrected chi connectivity index (χ4v) is 1.95. The van der Waals surface area contributed by atoms with Crippen molar-refractivity contribution >= 4 is 11.6 Å². The maximum Gasteiger partial charge on any atom is 0.360 e. The third-order valence-corrected chi connectivity index (χ3v) is 2.95. The van der Waals surface area contributed by atoms with Crippen LogP contribution in [0, 0.1) is 0 Å². The van der Waals surface area contributed by atoms with E-state index in [1.165, 1.54) is 0 Å². The highest BCUT2D eigenvalue weighted by Gasteiger charge is 2.19. The van der Waals surface area contributed by atoms with Gasteiger partial charge in [-0.2, -0.15) is 0 Å². The van der Waals surface area contributed by atoms with Gasteiger partial charge in [0.2, 0.25) is 0 Å². The van der Waals surface area contributed by atoms with Gasteiger partial charge in [0.15, 0.2) is 11.3 Å². The van der Waals surface area contributed by atoms with Crippen molar-refractivity contribution in [3.63, 3.8) is 0 Å². The van der Waals surface area contributed by atoms with Crippen LogP contribution in [-0.2, 0) is 16.1 Å². The monoisotopic (exact) mass is 277 g/mol. The summed E-state index contributed by atoms with van der Waals surface area (Å²) in [5.41, 5.74) is 2.56. The standard InChI is InChI=1S/C14H19N3O3/c1-5-20-14(18)12-13-16-11(9(2)3)6-10(7-19-4)17(13)8-15-12/h6,8-9H,5,7H2,1-4H3. The summed E-state index contributed by atoms with van der Waals surface area (Å²) in [6, 6.07) is 1.97. The van der Waals surface area contributed by atoms with Gasteiger partial charge < -0.3 is 9.47 Å². The Morgan fingerprint density at radius 2 is 2.20 bits per heavy atom. The van der Waals surface area contributed by atoms with E-state index in [0.29, 0.717) is 18.9 Å². The molecule has 0 unspecified atom stereocenters. The van der Waals surface area contributed by atoms with Crippen LogP contribution < -0.4 is 0 Å². The van der Waals surface area contributed by atoms with Crippen molar-refractivity contribution in [3.05, 3.63) is 29.5 Å². The molecule has 0 amide bonds. The van der Waals surface area contributed by atoms with Crippen LogP contribution in [0.25, 0.3) is 5.65 Å². The first-order chi connectivity index (χ1) is 9.58. The van der Waals surface area contributed by atoms with Gasteiger partial charge in [0.1, 0.15) is 6.33 Å². The summed E-state index contributed by atoms with van der Waals surface area (Å²) < 4.78 is 12.0. The zero-order valence-corrected chi connectivity index (χ0v) is 12.2. The summed E-state index contributed by atoms with van der Waals surface area (Å²) >= 11 is 0. The zero-order chi connectivity index (χ0) is 14.7. The number of fused-ring (bicyclic) bond motifs is 1. The molecule has 0 saturated heterocycles. The van der Waals surface area contributed by atoms with Crippen molar-refractivity contribution in [2.75, 3.05) is 13.7 Å². The molecule has 0 aromatic carbocycles. The van der Waals surface area contributed by atoms with Gasteiger partial charge in [0.05, 0.1) is 18.9 Å². The van der Waals surface area contributed by atoms with Gasteiger partial charge in [-0.25, -0.2) is 14.8 Å². The zero-order valence-electron chi connectivity index (χ0n) is 12.2. The number of hydrogen-bond acceptors (Lipinski definition) is 5. The highest BCUT2D eigenvalue weighted by molar-refractivity contribution is 5.93. The van der Waals surface area contributed by atoms with E-state index in [-0.39, 0.29) is 11.6 Å². The Hall–Kier alpha value is -1.95. The molecule has 2 heterocycles. The second-order valence-corrected chi connectivity index (χ2v) is 4.77. The number of nitrogens with zero attached hydrogens (tertiary/aromatic N) is 3. The third kappa shape index (κ3) is 2.65. The van der Waals surface area contributed by atoms with Gasteiger partial charge >= 0.3 is 5.97 Å². The number of rotatable bonds is 5. The Bertz CT molecular complexity index is 619. The van der Waals surface area contributed by atoms with E-state index in [0.717, 1.165) is 11.4 Å². The molecule has 0 aliphatic heterocycles. The molecule has 0 aliphatic rings. The average Bonchev–Trinajstić information content (AvgIpc) is 2.83. The quantitative estimate of drug-likeness (QED) is 0.784. The van der Waals surface area contributed by atoms with Crippen molar-refractivity contribution in [2.24, 2.45) is 0 Å². The van der Waals surface area contributed by atoms with Gasteiger partial charge in [-0.1, -0.05) is 13.8 Å². The highest BCUT2D eigenvalue weighted by Crippen LogP contribution is 2.19. The van der Waals surface area contributed by atoms with Gasteiger partial charge in [-0.05, 0) is 18.9 Å². The molecule has 20 heavy (non-hydrogen) atoms. The first-order valence-electron chi connectivity index (χ1n) is 6.61. The van der Waals surface area contributed by atoms with Crippen LogP contribution in [0.15, 0.2) is 12.4 Å². The van der Waals surface area contributed by atoms with Crippen LogP contribution in [0.3, 0.4) is 0 Å². The molecule has 0 spiro atoms. The lowest BCUT2D eigenvalue weighted by atomic mass is 10.1. The Labute approximate surface area is 117 Å². The summed E-state index contributed by atoms with van der Waals surface area (Å²) in [6.07, 6.45) is 1.58. The highest BCUT2D eigenvalue weighted by atomic mass is 16.5.